The number of nitrogens with one attached hydrogen (secondary N) is 1. The zero-order valence-electron chi connectivity index (χ0n) is 11.7. The van der Waals surface area contributed by atoms with Gasteiger partial charge in [0.2, 0.25) is 0 Å². The Labute approximate surface area is 118 Å². The Hall–Kier alpha value is -0.940. The summed E-state index contributed by atoms with van der Waals surface area (Å²) in [5.41, 5.74) is -0.583. The fraction of sp³-hybridized carbons (Fsp3) is 0.643. The van der Waals surface area contributed by atoms with Gasteiger partial charge in [0, 0.05) is 16.7 Å². The molecule has 1 atom stereocenters. The topological polar surface area (TPSA) is 51.5 Å². The Morgan fingerprint density at radius 1 is 1.63 bits per heavy atom. The minimum absolute atomic E-state index is 0.177. The number of methoxy groups -OCH3 is 1. The molecule has 1 aromatic heterocycles. The molecule has 1 aliphatic carbocycles. The highest BCUT2D eigenvalue weighted by molar-refractivity contribution is 7.99. The Morgan fingerprint density at radius 3 is 2.89 bits per heavy atom. The van der Waals surface area contributed by atoms with Crippen molar-refractivity contribution in [2.45, 2.75) is 49.6 Å². The molecule has 0 aromatic carbocycles. The third-order valence-electron chi connectivity index (χ3n) is 3.41. The average molecular weight is 283 g/mol. The summed E-state index contributed by atoms with van der Waals surface area (Å²) in [6.45, 7) is 3.88. The Bertz CT molecular complexity index is 442. The number of thioether (sulfide) groups is 1. The zero-order valence-corrected chi connectivity index (χ0v) is 12.5. The molecule has 0 spiro atoms. The van der Waals surface area contributed by atoms with Crippen molar-refractivity contribution in [2.24, 2.45) is 0 Å². The van der Waals surface area contributed by atoms with Crippen LogP contribution < -0.4 is 5.32 Å². The molecule has 4 nitrogen and oxygen atoms in total. The van der Waals surface area contributed by atoms with Crippen LogP contribution in [-0.2, 0) is 9.53 Å². The van der Waals surface area contributed by atoms with E-state index in [4.69, 9.17) is 9.15 Å². The van der Waals surface area contributed by atoms with Crippen molar-refractivity contribution < 1.29 is 13.9 Å². The second-order valence-electron chi connectivity index (χ2n) is 5.18. The van der Waals surface area contributed by atoms with E-state index in [1.807, 2.05) is 19.9 Å². The molecule has 1 aliphatic rings. The molecule has 0 bridgehead atoms. The van der Waals surface area contributed by atoms with Gasteiger partial charge >= 0.3 is 5.97 Å². The van der Waals surface area contributed by atoms with E-state index < -0.39 is 5.54 Å². The highest BCUT2D eigenvalue weighted by Crippen LogP contribution is 2.29. The molecule has 19 heavy (non-hydrogen) atoms. The summed E-state index contributed by atoms with van der Waals surface area (Å²) in [4.78, 5) is 13.1. The number of esters is 1. The number of furan rings is 1. The van der Waals surface area contributed by atoms with Crippen LogP contribution in [0.2, 0.25) is 0 Å². The standard InChI is InChI=1S/C14H21NO3S/c1-10-12(6-8-18-10)19-9-7-14(2,13(16)17-3)15-11-4-5-11/h6,8,11,15H,4-5,7,9H2,1-3H3. The Morgan fingerprint density at radius 2 is 2.37 bits per heavy atom. The van der Waals surface area contributed by atoms with Gasteiger partial charge in [0.25, 0.3) is 0 Å². The van der Waals surface area contributed by atoms with Gasteiger partial charge in [0.05, 0.1) is 13.4 Å². The van der Waals surface area contributed by atoms with E-state index in [0.29, 0.717) is 6.04 Å². The fourth-order valence-electron chi connectivity index (χ4n) is 2.02. The maximum Gasteiger partial charge on any atom is 0.325 e. The van der Waals surface area contributed by atoms with E-state index in [2.05, 4.69) is 5.32 Å². The molecule has 106 valence electrons. The molecular formula is C14H21NO3S. The van der Waals surface area contributed by atoms with E-state index in [0.717, 1.165) is 35.7 Å². The van der Waals surface area contributed by atoms with Crippen molar-refractivity contribution in [3.63, 3.8) is 0 Å². The maximum absolute atomic E-state index is 11.9. The van der Waals surface area contributed by atoms with Gasteiger partial charge in [0.15, 0.2) is 0 Å². The van der Waals surface area contributed by atoms with Gasteiger partial charge in [-0.1, -0.05) is 0 Å². The highest BCUT2D eigenvalue weighted by Gasteiger charge is 2.38. The van der Waals surface area contributed by atoms with Gasteiger partial charge in [-0.15, -0.1) is 11.8 Å². The highest BCUT2D eigenvalue weighted by atomic mass is 32.2. The lowest BCUT2D eigenvalue weighted by atomic mass is 9.99. The lowest BCUT2D eigenvalue weighted by Crippen LogP contribution is -2.51. The van der Waals surface area contributed by atoms with E-state index >= 15 is 0 Å². The van der Waals surface area contributed by atoms with Gasteiger partial charge in [-0.25, -0.2) is 0 Å². The largest absolute Gasteiger partial charge is 0.468 e. The Balaban J connectivity index is 1.88. The predicted molar refractivity (Wildman–Crippen MR) is 75.4 cm³/mol. The lowest BCUT2D eigenvalue weighted by Gasteiger charge is -2.28. The second kappa shape index (κ2) is 6.01. The summed E-state index contributed by atoms with van der Waals surface area (Å²) in [6, 6.07) is 2.44. The van der Waals surface area contributed by atoms with Crippen molar-refractivity contribution in [3.8, 4) is 0 Å². The van der Waals surface area contributed by atoms with Crippen LogP contribution in [0, 0.1) is 6.92 Å². The normalized spacial score (nSPS) is 18.1. The first kappa shape index (κ1) is 14.5. The average Bonchev–Trinajstić information content (AvgIpc) is 3.10. The van der Waals surface area contributed by atoms with E-state index in [1.165, 1.54) is 7.11 Å². The number of ether oxygens (including phenoxy) is 1. The van der Waals surface area contributed by atoms with E-state index in [-0.39, 0.29) is 5.97 Å². The van der Waals surface area contributed by atoms with E-state index in [9.17, 15) is 4.79 Å². The monoisotopic (exact) mass is 283 g/mol. The molecule has 1 N–H and O–H groups in total. The first-order chi connectivity index (χ1) is 9.05. The molecule has 0 amide bonds. The maximum atomic E-state index is 11.9. The number of carbonyl (C=O) groups excluding carboxylic acids is 1. The molecule has 1 aromatic rings. The van der Waals surface area contributed by atoms with Crippen molar-refractivity contribution in [1.29, 1.82) is 0 Å². The summed E-state index contributed by atoms with van der Waals surface area (Å²) >= 11 is 1.71. The number of hydrogen-bond donors (Lipinski definition) is 1. The van der Waals surface area contributed by atoms with Crippen LogP contribution in [0.25, 0.3) is 0 Å². The summed E-state index contributed by atoms with van der Waals surface area (Å²) in [5, 5.41) is 3.40. The first-order valence-corrected chi connectivity index (χ1v) is 7.57. The predicted octanol–water partition coefficient (Wildman–Crippen LogP) is 2.75. The van der Waals surface area contributed by atoms with Crippen molar-refractivity contribution in [3.05, 3.63) is 18.1 Å². The van der Waals surface area contributed by atoms with Crippen molar-refractivity contribution >= 4 is 17.7 Å². The van der Waals surface area contributed by atoms with Gasteiger partial charge < -0.3 is 9.15 Å². The van der Waals surface area contributed by atoms with Gasteiger partial charge in [-0.05, 0) is 39.2 Å². The third kappa shape index (κ3) is 3.76. The molecule has 0 radical (unpaired) electrons. The van der Waals surface area contributed by atoms with E-state index in [1.54, 1.807) is 18.0 Å². The molecule has 1 saturated carbocycles. The molecule has 1 heterocycles. The van der Waals surface area contributed by atoms with Gasteiger partial charge in [-0.2, -0.15) is 0 Å². The first-order valence-electron chi connectivity index (χ1n) is 6.58. The second-order valence-corrected chi connectivity index (χ2v) is 6.32. The lowest BCUT2D eigenvalue weighted by molar-refractivity contribution is -0.148. The van der Waals surface area contributed by atoms with Gasteiger partial charge in [-0.3, -0.25) is 10.1 Å². The molecule has 0 saturated heterocycles. The number of carbonyl (C=O) groups is 1. The SMILES string of the molecule is COC(=O)C(C)(CCSc1ccoc1C)NC1CC1. The van der Waals surface area contributed by atoms with Crippen molar-refractivity contribution in [2.75, 3.05) is 12.9 Å². The fourth-order valence-corrected chi connectivity index (χ4v) is 3.16. The quantitative estimate of drug-likeness (QED) is 0.616. The summed E-state index contributed by atoms with van der Waals surface area (Å²) in [6.07, 6.45) is 4.74. The minimum Gasteiger partial charge on any atom is -0.468 e. The molecule has 5 heteroatoms. The van der Waals surface area contributed by atoms with Crippen LogP contribution >= 0.6 is 11.8 Å². The molecule has 2 rings (SSSR count). The zero-order chi connectivity index (χ0) is 13.9. The van der Waals surface area contributed by atoms with Crippen molar-refractivity contribution in [1.82, 2.24) is 5.32 Å². The smallest absolute Gasteiger partial charge is 0.325 e. The van der Waals surface area contributed by atoms with Crippen LogP contribution in [0.5, 0.6) is 0 Å². The third-order valence-corrected chi connectivity index (χ3v) is 4.55. The number of aryl methyl sites for hydroxylation is 1. The number of rotatable bonds is 7. The van der Waals surface area contributed by atoms with Crippen LogP contribution in [0.4, 0.5) is 0 Å². The van der Waals surface area contributed by atoms with Crippen LogP contribution in [0.3, 0.4) is 0 Å². The van der Waals surface area contributed by atoms with Crippen LogP contribution in [0.15, 0.2) is 21.6 Å². The van der Waals surface area contributed by atoms with Crippen LogP contribution in [-0.4, -0.2) is 30.4 Å². The Kier molecular flexibility index (Phi) is 4.58. The number of hydrogen-bond acceptors (Lipinski definition) is 5. The molecular weight excluding hydrogens is 262 g/mol. The summed E-state index contributed by atoms with van der Waals surface area (Å²) in [7, 11) is 1.45. The van der Waals surface area contributed by atoms with Crippen LogP contribution in [0.1, 0.15) is 31.9 Å². The van der Waals surface area contributed by atoms with Gasteiger partial charge in [0.1, 0.15) is 11.3 Å². The molecule has 1 fully saturated rings. The minimum atomic E-state index is -0.583. The molecule has 1 unspecified atom stereocenters. The summed E-state index contributed by atoms with van der Waals surface area (Å²) < 4.78 is 10.2. The molecule has 0 aliphatic heterocycles. The summed E-state index contributed by atoms with van der Waals surface area (Å²) in [5.74, 6) is 1.61.